The fourth-order valence-electron chi connectivity index (χ4n) is 2.36. The molecule has 0 spiro atoms. The molecule has 2 heterocycles. The summed E-state index contributed by atoms with van der Waals surface area (Å²) in [5.74, 6) is 0.252. The number of hydrazone groups is 1. The second kappa shape index (κ2) is 6.37. The Bertz CT molecular complexity index is 818. The predicted octanol–water partition coefficient (Wildman–Crippen LogP) is 3.32. The molecule has 124 valence electrons. The molecule has 1 atom stereocenters. The maximum absolute atomic E-state index is 12.7. The molecule has 0 bridgehead atoms. The third kappa shape index (κ3) is 2.94. The highest BCUT2D eigenvalue weighted by Gasteiger charge is 2.49. The van der Waals surface area contributed by atoms with Gasteiger partial charge in [0.1, 0.15) is 11.3 Å². The van der Waals surface area contributed by atoms with Crippen molar-refractivity contribution in [3.05, 3.63) is 50.6 Å². The number of carbonyl (C=O) groups is 2. The number of nitrogens with one attached hydrogen (secondary N) is 1. The van der Waals surface area contributed by atoms with Crippen molar-refractivity contribution in [3.8, 4) is 5.75 Å². The van der Waals surface area contributed by atoms with Crippen molar-refractivity contribution < 1.29 is 14.3 Å². The number of ether oxygens (including phenoxy) is 1. The minimum Gasteiger partial charge on any atom is -0.497 e. The van der Waals surface area contributed by atoms with Gasteiger partial charge < -0.3 is 10.1 Å². The maximum Gasteiger partial charge on any atom is 0.346 e. The van der Waals surface area contributed by atoms with E-state index in [4.69, 9.17) is 4.74 Å². The van der Waals surface area contributed by atoms with Crippen LogP contribution in [-0.4, -0.2) is 30.3 Å². The lowest BCUT2D eigenvalue weighted by atomic mass is 9.92. The molecule has 1 fully saturated rings. The Morgan fingerprint density at radius 1 is 1.25 bits per heavy atom. The number of benzene rings is 1. The Balaban J connectivity index is 1.85. The number of hydrogen-bond acceptors (Lipinski definition) is 5. The van der Waals surface area contributed by atoms with Gasteiger partial charge in [-0.1, -0.05) is 12.1 Å². The number of halogens is 1. The van der Waals surface area contributed by atoms with E-state index in [-0.39, 0.29) is 0 Å². The summed E-state index contributed by atoms with van der Waals surface area (Å²) in [5, 5.41) is 7.60. The summed E-state index contributed by atoms with van der Waals surface area (Å²) >= 11 is 4.81. The molecule has 1 aliphatic rings. The maximum atomic E-state index is 12.7. The van der Waals surface area contributed by atoms with Gasteiger partial charge in [0.05, 0.1) is 17.1 Å². The molecule has 1 aliphatic heterocycles. The SMILES string of the molecule is COc1ccc([C@@]2(C)NC(=O)N(/N=C\c3ccc(Br)s3)C2=O)cc1. The lowest BCUT2D eigenvalue weighted by molar-refractivity contribution is -0.131. The van der Waals surface area contributed by atoms with Gasteiger partial charge in [-0.15, -0.1) is 16.3 Å². The zero-order valence-electron chi connectivity index (χ0n) is 12.9. The summed E-state index contributed by atoms with van der Waals surface area (Å²) in [4.78, 5) is 25.7. The number of carbonyl (C=O) groups excluding carboxylic acids is 2. The zero-order valence-corrected chi connectivity index (χ0v) is 15.3. The molecule has 0 unspecified atom stereocenters. The van der Waals surface area contributed by atoms with Crippen molar-refractivity contribution in [1.29, 1.82) is 0 Å². The van der Waals surface area contributed by atoms with E-state index in [1.54, 1.807) is 38.3 Å². The van der Waals surface area contributed by atoms with Crippen LogP contribution >= 0.6 is 27.3 Å². The number of amides is 3. The van der Waals surface area contributed by atoms with E-state index in [0.717, 1.165) is 13.7 Å². The van der Waals surface area contributed by atoms with Crippen LogP contribution in [0.2, 0.25) is 0 Å². The van der Waals surface area contributed by atoms with Crippen molar-refractivity contribution in [2.75, 3.05) is 7.11 Å². The molecule has 3 amide bonds. The molecule has 1 saturated heterocycles. The molecule has 6 nitrogen and oxygen atoms in total. The first-order valence-electron chi connectivity index (χ1n) is 7.04. The number of urea groups is 1. The first-order valence-corrected chi connectivity index (χ1v) is 8.65. The van der Waals surface area contributed by atoms with Crippen molar-refractivity contribution in [1.82, 2.24) is 10.3 Å². The van der Waals surface area contributed by atoms with Gasteiger partial charge in [-0.3, -0.25) is 4.79 Å². The largest absolute Gasteiger partial charge is 0.497 e. The summed E-state index contributed by atoms with van der Waals surface area (Å²) in [6, 6.07) is 10.2. The first-order chi connectivity index (χ1) is 11.4. The third-order valence-electron chi connectivity index (χ3n) is 3.73. The molecule has 24 heavy (non-hydrogen) atoms. The normalized spacial score (nSPS) is 20.7. The fourth-order valence-corrected chi connectivity index (χ4v) is 3.65. The molecule has 3 rings (SSSR count). The summed E-state index contributed by atoms with van der Waals surface area (Å²) in [5.41, 5.74) is -0.491. The topological polar surface area (TPSA) is 71.0 Å². The molecular weight excluding hydrogens is 394 g/mol. The van der Waals surface area contributed by atoms with Crippen molar-refractivity contribution in [2.45, 2.75) is 12.5 Å². The van der Waals surface area contributed by atoms with Crippen LogP contribution in [0.15, 0.2) is 45.3 Å². The van der Waals surface area contributed by atoms with Gasteiger partial charge in [-0.05, 0) is 52.7 Å². The van der Waals surface area contributed by atoms with E-state index in [0.29, 0.717) is 11.3 Å². The van der Waals surface area contributed by atoms with E-state index in [2.05, 4.69) is 26.3 Å². The van der Waals surface area contributed by atoms with E-state index in [1.165, 1.54) is 17.6 Å². The van der Waals surface area contributed by atoms with Gasteiger partial charge in [0, 0.05) is 4.88 Å². The summed E-state index contributed by atoms with van der Waals surface area (Å²) < 4.78 is 6.06. The average Bonchev–Trinajstić information content (AvgIpc) is 3.08. The van der Waals surface area contributed by atoms with Crippen LogP contribution < -0.4 is 10.1 Å². The zero-order chi connectivity index (χ0) is 17.3. The van der Waals surface area contributed by atoms with Gasteiger partial charge in [0.2, 0.25) is 0 Å². The van der Waals surface area contributed by atoms with Crippen molar-refractivity contribution in [3.63, 3.8) is 0 Å². The highest BCUT2D eigenvalue weighted by Crippen LogP contribution is 2.30. The average molecular weight is 408 g/mol. The van der Waals surface area contributed by atoms with E-state index >= 15 is 0 Å². The Morgan fingerprint density at radius 2 is 1.96 bits per heavy atom. The summed E-state index contributed by atoms with van der Waals surface area (Å²) in [7, 11) is 1.57. The predicted molar refractivity (Wildman–Crippen MR) is 95.3 cm³/mol. The smallest absolute Gasteiger partial charge is 0.346 e. The number of rotatable bonds is 4. The van der Waals surface area contributed by atoms with Gasteiger partial charge >= 0.3 is 6.03 Å². The van der Waals surface area contributed by atoms with Crippen LogP contribution in [0, 0.1) is 0 Å². The van der Waals surface area contributed by atoms with Gasteiger partial charge in [0.25, 0.3) is 5.91 Å². The summed E-state index contributed by atoms with van der Waals surface area (Å²) in [6.07, 6.45) is 1.49. The second-order valence-electron chi connectivity index (χ2n) is 5.29. The van der Waals surface area contributed by atoms with Gasteiger partial charge in [-0.25, -0.2) is 4.79 Å². The lowest BCUT2D eigenvalue weighted by Gasteiger charge is -2.21. The second-order valence-corrected chi connectivity index (χ2v) is 7.78. The van der Waals surface area contributed by atoms with Crippen LogP contribution in [0.5, 0.6) is 5.75 Å². The Labute approximate surface area is 151 Å². The van der Waals surface area contributed by atoms with Crippen molar-refractivity contribution in [2.24, 2.45) is 5.10 Å². The molecule has 1 aromatic carbocycles. The molecular formula is C16H14BrN3O3S. The van der Waals surface area contributed by atoms with Gasteiger partial charge in [-0.2, -0.15) is 5.10 Å². The van der Waals surface area contributed by atoms with Crippen LogP contribution in [0.3, 0.4) is 0 Å². The van der Waals surface area contributed by atoms with E-state index in [1.807, 2.05) is 12.1 Å². The molecule has 0 aliphatic carbocycles. The van der Waals surface area contributed by atoms with E-state index in [9.17, 15) is 9.59 Å². The highest BCUT2D eigenvalue weighted by molar-refractivity contribution is 9.11. The number of methoxy groups -OCH3 is 1. The highest BCUT2D eigenvalue weighted by atomic mass is 79.9. The molecule has 1 aromatic heterocycles. The lowest BCUT2D eigenvalue weighted by Crippen LogP contribution is -2.40. The van der Waals surface area contributed by atoms with Crippen LogP contribution in [0.1, 0.15) is 17.4 Å². The third-order valence-corrected chi connectivity index (χ3v) is 5.29. The number of imide groups is 1. The number of nitrogens with zero attached hydrogens (tertiary/aromatic N) is 2. The van der Waals surface area contributed by atoms with Crippen LogP contribution in [-0.2, 0) is 10.3 Å². The monoisotopic (exact) mass is 407 g/mol. The standard InChI is InChI=1S/C16H14BrN3O3S/c1-16(10-3-5-11(23-2)6-4-10)14(21)20(15(22)19-16)18-9-12-7-8-13(17)24-12/h3-9H,1-2H3,(H,19,22)/b18-9-/t16-/m1/s1. The van der Waals surface area contributed by atoms with Crippen molar-refractivity contribution >= 4 is 45.4 Å². The Morgan fingerprint density at radius 3 is 2.54 bits per heavy atom. The Kier molecular flexibility index (Phi) is 4.42. The quantitative estimate of drug-likeness (QED) is 0.623. The first kappa shape index (κ1) is 16.7. The minimum atomic E-state index is -1.16. The Hall–Kier alpha value is -2.19. The molecule has 0 saturated carbocycles. The van der Waals surface area contributed by atoms with E-state index < -0.39 is 17.5 Å². The molecule has 2 aromatic rings. The minimum absolute atomic E-state index is 0.426. The number of hydrogen-bond donors (Lipinski definition) is 1. The molecule has 8 heteroatoms. The van der Waals surface area contributed by atoms with Crippen LogP contribution in [0.4, 0.5) is 4.79 Å². The van der Waals surface area contributed by atoms with Gasteiger partial charge in [0.15, 0.2) is 0 Å². The fraction of sp³-hybridized carbons (Fsp3) is 0.188. The molecule has 0 radical (unpaired) electrons. The molecule has 1 N–H and O–H groups in total. The number of thiophene rings is 1. The summed E-state index contributed by atoms with van der Waals surface area (Å²) in [6.45, 7) is 1.66. The van der Waals surface area contributed by atoms with Crippen LogP contribution in [0.25, 0.3) is 0 Å².